The fourth-order valence-electron chi connectivity index (χ4n) is 2.98. The zero-order chi connectivity index (χ0) is 12.6. The molecule has 2 aliphatic rings. The van der Waals surface area contributed by atoms with E-state index in [1.54, 1.807) is 6.20 Å². The molecule has 1 aromatic rings. The normalized spacial score (nSPS) is 33.6. The van der Waals surface area contributed by atoms with Crippen molar-refractivity contribution >= 4 is 0 Å². The second-order valence-corrected chi connectivity index (χ2v) is 6.04. The Labute approximate surface area is 109 Å². The number of nitrogens with one attached hydrogen (secondary N) is 1. The molecular formula is C14H22N4. The summed E-state index contributed by atoms with van der Waals surface area (Å²) in [6.07, 6.45) is 4.51. The summed E-state index contributed by atoms with van der Waals surface area (Å²) < 4.78 is 0. The lowest BCUT2D eigenvalue weighted by molar-refractivity contribution is 0.0757. The van der Waals surface area contributed by atoms with Gasteiger partial charge in [0.05, 0.1) is 5.69 Å². The molecule has 4 nitrogen and oxygen atoms in total. The van der Waals surface area contributed by atoms with Crippen LogP contribution in [0.25, 0.3) is 0 Å². The van der Waals surface area contributed by atoms with Crippen molar-refractivity contribution < 1.29 is 0 Å². The Morgan fingerprint density at radius 1 is 1.50 bits per heavy atom. The van der Waals surface area contributed by atoms with E-state index in [9.17, 15) is 0 Å². The third kappa shape index (κ3) is 2.40. The van der Waals surface area contributed by atoms with E-state index in [1.807, 2.05) is 6.07 Å². The van der Waals surface area contributed by atoms with Gasteiger partial charge in [-0.25, -0.2) is 0 Å². The quantitative estimate of drug-likeness (QED) is 0.876. The molecule has 1 saturated heterocycles. The molecule has 1 saturated carbocycles. The first-order valence-electron chi connectivity index (χ1n) is 6.93. The van der Waals surface area contributed by atoms with Crippen molar-refractivity contribution in [2.75, 3.05) is 13.1 Å². The molecule has 0 bridgehead atoms. The molecule has 0 aromatic carbocycles. The number of nitrogens with zero attached hydrogens (tertiary/aromatic N) is 3. The van der Waals surface area contributed by atoms with Crippen LogP contribution in [-0.2, 0) is 6.54 Å². The Kier molecular flexibility index (Phi) is 3.08. The number of rotatable bonds is 3. The van der Waals surface area contributed by atoms with Crippen LogP contribution in [0.3, 0.4) is 0 Å². The first kappa shape index (κ1) is 12.1. The Balaban J connectivity index is 1.70. The lowest BCUT2D eigenvalue weighted by atomic mass is 9.91. The highest BCUT2D eigenvalue weighted by molar-refractivity contribution is 5.06. The summed E-state index contributed by atoms with van der Waals surface area (Å²) in [5.74, 6) is 0.870. The number of hydrogen-bond acceptors (Lipinski definition) is 4. The summed E-state index contributed by atoms with van der Waals surface area (Å²) in [6.45, 7) is 7.78. The predicted molar refractivity (Wildman–Crippen MR) is 71.0 cm³/mol. The monoisotopic (exact) mass is 246 g/mol. The number of aromatic nitrogens is 2. The second kappa shape index (κ2) is 4.59. The van der Waals surface area contributed by atoms with Crippen molar-refractivity contribution in [3.63, 3.8) is 0 Å². The Morgan fingerprint density at radius 2 is 2.33 bits per heavy atom. The van der Waals surface area contributed by atoms with E-state index in [2.05, 4.69) is 40.3 Å². The van der Waals surface area contributed by atoms with Gasteiger partial charge < -0.3 is 5.32 Å². The molecule has 3 rings (SSSR count). The van der Waals surface area contributed by atoms with Crippen LogP contribution < -0.4 is 5.32 Å². The van der Waals surface area contributed by atoms with Gasteiger partial charge in [0.1, 0.15) is 0 Å². The van der Waals surface area contributed by atoms with E-state index in [1.165, 1.54) is 12.8 Å². The van der Waals surface area contributed by atoms with Crippen LogP contribution in [0.4, 0.5) is 0 Å². The molecule has 0 amide bonds. The summed E-state index contributed by atoms with van der Waals surface area (Å²) in [4.78, 5) is 2.54. The molecule has 4 heteroatoms. The molecule has 0 radical (unpaired) electrons. The zero-order valence-electron chi connectivity index (χ0n) is 11.3. The highest BCUT2D eigenvalue weighted by Crippen LogP contribution is 2.41. The van der Waals surface area contributed by atoms with E-state index >= 15 is 0 Å². The molecule has 2 atom stereocenters. The van der Waals surface area contributed by atoms with Crippen molar-refractivity contribution in [2.24, 2.45) is 5.92 Å². The molecule has 1 aromatic heterocycles. The van der Waals surface area contributed by atoms with E-state index in [-0.39, 0.29) is 0 Å². The minimum atomic E-state index is 0.300. The third-order valence-electron chi connectivity index (χ3n) is 4.43. The van der Waals surface area contributed by atoms with Crippen LogP contribution in [0.5, 0.6) is 0 Å². The maximum Gasteiger partial charge on any atom is 0.0771 e. The Morgan fingerprint density at radius 3 is 3.00 bits per heavy atom. The van der Waals surface area contributed by atoms with Gasteiger partial charge in [-0.1, -0.05) is 0 Å². The van der Waals surface area contributed by atoms with Crippen LogP contribution in [0.1, 0.15) is 32.4 Å². The molecule has 18 heavy (non-hydrogen) atoms. The second-order valence-electron chi connectivity index (χ2n) is 6.04. The van der Waals surface area contributed by atoms with Gasteiger partial charge in [0.2, 0.25) is 0 Å². The summed E-state index contributed by atoms with van der Waals surface area (Å²) in [5, 5.41) is 11.9. The van der Waals surface area contributed by atoms with Crippen molar-refractivity contribution in [1.29, 1.82) is 0 Å². The zero-order valence-corrected chi connectivity index (χ0v) is 11.3. The molecule has 1 N–H and O–H groups in total. The SMILES string of the molecule is CC1CNC(C)(C2CC2)CN1Cc1cccnn1. The summed E-state index contributed by atoms with van der Waals surface area (Å²) in [7, 11) is 0. The minimum Gasteiger partial charge on any atom is -0.308 e. The molecular weight excluding hydrogens is 224 g/mol. The largest absolute Gasteiger partial charge is 0.308 e. The van der Waals surface area contributed by atoms with Crippen LogP contribution >= 0.6 is 0 Å². The Bertz CT molecular complexity index is 404. The van der Waals surface area contributed by atoms with Gasteiger partial charge in [-0.3, -0.25) is 4.90 Å². The van der Waals surface area contributed by atoms with Crippen molar-refractivity contribution in [2.45, 2.75) is 44.8 Å². The highest BCUT2D eigenvalue weighted by Gasteiger charge is 2.45. The van der Waals surface area contributed by atoms with Gasteiger partial charge in [0.25, 0.3) is 0 Å². The van der Waals surface area contributed by atoms with Gasteiger partial charge >= 0.3 is 0 Å². The molecule has 0 spiro atoms. The van der Waals surface area contributed by atoms with Crippen LogP contribution in [0.2, 0.25) is 0 Å². The minimum absolute atomic E-state index is 0.300. The fraction of sp³-hybridized carbons (Fsp3) is 0.714. The van der Waals surface area contributed by atoms with Gasteiger partial charge in [0.15, 0.2) is 0 Å². The third-order valence-corrected chi connectivity index (χ3v) is 4.43. The van der Waals surface area contributed by atoms with E-state index in [4.69, 9.17) is 0 Å². The topological polar surface area (TPSA) is 41.0 Å². The first-order chi connectivity index (χ1) is 8.67. The maximum absolute atomic E-state index is 4.20. The molecule has 1 aliphatic carbocycles. The molecule has 1 aliphatic heterocycles. The Hall–Kier alpha value is -1.00. The lowest BCUT2D eigenvalue weighted by Gasteiger charge is -2.45. The van der Waals surface area contributed by atoms with Crippen molar-refractivity contribution in [1.82, 2.24) is 20.4 Å². The molecule has 2 unspecified atom stereocenters. The van der Waals surface area contributed by atoms with E-state index in [0.717, 1.165) is 31.2 Å². The average Bonchev–Trinajstić information content (AvgIpc) is 3.20. The lowest BCUT2D eigenvalue weighted by Crippen LogP contribution is -2.62. The van der Waals surface area contributed by atoms with Crippen LogP contribution in [0, 0.1) is 5.92 Å². The summed E-state index contributed by atoms with van der Waals surface area (Å²) >= 11 is 0. The molecule has 98 valence electrons. The van der Waals surface area contributed by atoms with Crippen molar-refractivity contribution in [3.8, 4) is 0 Å². The van der Waals surface area contributed by atoms with Gasteiger partial charge in [-0.2, -0.15) is 10.2 Å². The summed E-state index contributed by atoms with van der Waals surface area (Å²) in [6, 6.07) is 4.60. The summed E-state index contributed by atoms with van der Waals surface area (Å²) in [5.41, 5.74) is 1.37. The van der Waals surface area contributed by atoms with Crippen LogP contribution in [-0.4, -0.2) is 39.8 Å². The van der Waals surface area contributed by atoms with Gasteiger partial charge in [0, 0.05) is 37.4 Å². The maximum atomic E-state index is 4.20. The average molecular weight is 246 g/mol. The molecule has 2 heterocycles. The number of hydrogen-bond donors (Lipinski definition) is 1. The first-order valence-corrected chi connectivity index (χ1v) is 6.93. The predicted octanol–water partition coefficient (Wildman–Crippen LogP) is 1.44. The number of piperazine rings is 1. The van der Waals surface area contributed by atoms with E-state index in [0.29, 0.717) is 11.6 Å². The van der Waals surface area contributed by atoms with Gasteiger partial charge in [-0.15, -0.1) is 0 Å². The highest BCUT2D eigenvalue weighted by atomic mass is 15.3. The standard InChI is InChI=1S/C14H22N4/c1-11-8-15-14(2,12-5-6-12)10-18(11)9-13-4-3-7-16-17-13/h3-4,7,11-12,15H,5-6,8-10H2,1-2H3. The smallest absolute Gasteiger partial charge is 0.0771 e. The van der Waals surface area contributed by atoms with Crippen molar-refractivity contribution in [3.05, 3.63) is 24.0 Å². The van der Waals surface area contributed by atoms with Gasteiger partial charge in [-0.05, 0) is 44.7 Å². The molecule has 2 fully saturated rings. The van der Waals surface area contributed by atoms with E-state index < -0.39 is 0 Å². The fourth-order valence-corrected chi connectivity index (χ4v) is 2.98. The van der Waals surface area contributed by atoms with Crippen LogP contribution in [0.15, 0.2) is 18.3 Å².